The molecule has 0 fully saturated rings. The largest absolute Gasteiger partial charge is 0.471 e. The van der Waals surface area contributed by atoms with Crippen LogP contribution in [-0.4, -0.2) is 12.0 Å². The van der Waals surface area contributed by atoms with Gasteiger partial charge < -0.3 is 9.47 Å². The van der Waals surface area contributed by atoms with Crippen LogP contribution in [0.1, 0.15) is 26.3 Å². The lowest BCUT2D eigenvalue weighted by Crippen LogP contribution is -2.53. The van der Waals surface area contributed by atoms with Gasteiger partial charge in [-0.1, -0.05) is 19.9 Å². The molecule has 5 heteroatoms. The summed E-state index contributed by atoms with van der Waals surface area (Å²) in [6.45, 7) is 6.35. The van der Waals surface area contributed by atoms with Crippen molar-refractivity contribution in [2.45, 2.75) is 39.7 Å². The average molecular weight is 248 g/mol. The lowest BCUT2D eigenvalue weighted by atomic mass is 10.2. The number of alkyl halides is 3. The summed E-state index contributed by atoms with van der Waals surface area (Å²) in [5.74, 6) is -3.30. The lowest BCUT2D eigenvalue weighted by Gasteiger charge is -2.35. The van der Waals surface area contributed by atoms with Gasteiger partial charge in [-0.25, -0.2) is 0 Å². The van der Waals surface area contributed by atoms with Crippen molar-refractivity contribution in [1.29, 1.82) is 0 Å². The van der Waals surface area contributed by atoms with Crippen molar-refractivity contribution in [2.75, 3.05) is 0 Å². The molecule has 1 unspecified atom stereocenters. The van der Waals surface area contributed by atoms with Gasteiger partial charge in [-0.15, -0.1) is 0 Å². The second kappa shape index (κ2) is 4.47. The highest BCUT2D eigenvalue weighted by atomic mass is 19.3. The van der Waals surface area contributed by atoms with Crippen LogP contribution in [-0.2, 0) is 0 Å². The van der Waals surface area contributed by atoms with Crippen LogP contribution >= 0.6 is 0 Å². The van der Waals surface area contributed by atoms with Crippen molar-refractivity contribution in [2.24, 2.45) is 0 Å². The Labute approximate surface area is 98.3 Å². The minimum atomic E-state index is -3.98. The van der Waals surface area contributed by atoms with Crippen molar-refractivity contribution in [3.05, 3.63) is 23.8 Å². The molecule has 0 radical (unpaired) electrons. The molecule has 1 aromatic rings. The SMILES string of the molecule is CC.Cc1ccc2c(c1)OC(F)(F)C(C)(F)O2. The Morgan fingerprint density at radius 2 is 1.59 bits per heavy atom. The van der Waals surface area contributed by atoms with Gasteiger partial charge in [0.25, 0.3) is 0 Å². The number of fused-ring (bicyclic) bond motifs is 1. The number of ether oxygens (including phenoxy) is 2. The second-order valence-electron chi connectivity index (χ2n) is 3.59. The van der Waals surface area contributed by atoms with Crippen LogP contribution in [0.25, 0.3) is 0 Å². The summed E-state index contributed by atoms with van der Waals surface area (Å²) in [4.78, 5) is 0. The molecular weight excluding hydrogens is 233 g/mol. The number of aryl methyl sites for hydroxylation is 1. The fraction of sp³-hybridized carbons (Fsp3) is 0.500. The van der Waals surface area contributed by atoms with E-state index in [1.807, 2.05) is 13.8 Å². The van der Waals surface area contributed by atoms with Crippen molar-refractivity contribution < 1.29 is 22.6 Å². The standard InChI is InChI=1S/C10H9F3O2.C2H6/c1-6-3-4-7-8(5-6)15-10(12,13)9(2,11)14-7;1-2/h3-5H,1-2H3;1-2H3. The van der Waals surface area contributed by atoms with Gasteiger partial charge >= 0.3 is 12.0 Å². The molecule has 1 heterocycles. The highest BCUT2D eigenvalue weighted by Crippen LogP contribution is 2.45. The van der Waals surface area contributed by atoms with E-state index in [9.17, 15) is 13.2 Å². The summed E-state index contributed by atoms with van der Waals surface area (Å²) < 4.78 is 48.3. The molecule has 17 heavy (non-hydrogen) atoms. The van der Waals surface area contributed by atoms with Gasteiger partial charge in [0.15, 0.2) is 11.5 Å². The maximum absolute atomic E-state index is 13.3. The molecule has 1 aliphatic heterocycles. The van der Waals surface area contributed by atoms with Crippen molar-refractivity contribution >= 4 is 0 Å². The number of benzene rings is 1. The quantitative estimate of drug-likeness (QED) is 0.689. The first-order chi connectivity index (χ1) is 7.82. The van der Waals surface area contributed by atoms with Crippen LogP contribution in [0.5, 0.6) is 11.5 Å². The van der Waals surface area contributed by atoms with E-state index >= 15 is 0 Å². The first-order valence-electron chi connectivity index (χ1n) is 5.37. The van der Waals surface area contributed by atoms with Gasteiger partial charge in [-0.05, 0) is 24.6 Å². The van der Waals surface area contributed by atoms with E-state index in [1.165, 1.54) is 12.1 Å². The van der Waals surface area contributed by atoms with E-state index < -0.39 is 12.0 Å². The molecule has 2 nitrogen and oxygen atoms in total. The Kier molecular flexibility index (Phi) is 3.59. The summed E-state index contributed by atoms with van der Waals surface area (Å²) in [6.07, 6.45) is -3.98. The smallest absolute Gasteiger partial charge is 0.446 e. The fourth-order valence-electron chi connectivity index (χ4n) is 1.27. The monoisotopic (exact) mass is 248 g/mol. The Morgan fingerprint density at radius 3 is 2.18 bits per heavy atom. The summed E-state index contributed by atoms with van der Waals surface area (Å²) in [7, 11) is 0. The van der Waals surface area contributed by atoms with Crippen LogP contribution < -0.4 is 9.47 Å². The molecule has 96 valence electrons. The van der Waals surface area contributed by atoms with Crippen molar-refractivity contribution in [3.63, 3.8) is 0 Å². The van der Waals surface area contributed by atoms with Crippen LogP contribution in [0.15, 0.2) is 18.2 Å². The highest BCUT2D eigenvalue weighted by Gasteiger charge is 2.60. The van der Waals surface area contributed by atoms with Crippen LogP contribution in [0.2, 0.25) is 0 Å². The van der Waals surface area contributed by atoms with E-state index in [0.29, 0.717) is 6.92 Å². The van der Waals surface area contributed by atoms with E-state index in [1.54, 1.807) is 13.0 Å². The summed E-state index contributed by atoms with van der Waals surface area (Å²) in [6, 6.07) is 4.40. The Bertz CT molecular complexity index is 403. The maximum atomic E-state index is 13.3. The van der Waals surface area contributed by atoms with Crippen LogP contribution in [0.4, 0.5) is 13.2 Å². The third-order valence-electron chi connectivity index (χ3n) is 2.16. The summed E-state index contributed by atoms with van der Waals surface area (Å²) in [5, 5.41) is 0. The Balaban J connectivity index is 0.000000686. The second-order valence-corrected chi connectivity index (χ2v) is 3.59. The molecule has 0 N–H and O–H groups in total. The minimum Gasteiger partial charge on any atom is -0.446 e. The molecular formula is C12H15F3O2. The number of rotatable bonds is 0. The zero-order valence-electron chi connectivity index (χ0n) is 10.2. The molecule has 1 aliphatic rings. The summed E-state index contributed by atoms with van der Waals surface area (Å²) in [5.41, 5.74) is 0.732. The predicted molar refractivity (Wildman–Crippen MR) is 58.2 cm³/mol. The molecule has 1 atom stereocenters. The van der Waals surface area contributed by atoms with Gasteiger partial charge in [-0.2, -0.15) is 13.2 Å². The van der Waals surface area contributed by atoms with E-state index in [-0.39, 0.29) is 11.5 Å². The first-order valence-corrected chi connectivity index (χ1v) is 5.37. The first kappa shape index (κ1) is 13.7. The topological polar surface area (TPSA) is 18.5 Å². The fourth-order valence-corrected chi connectivity index (χ4v) is 1.27. The number of hydrogen-bond donors (Lipinski definition) is 0. The van der Waals surface area contributed by atoms with Crippen molar-refractivity contribution in [1.82, 2.24) is 0 Å². The summed E-state index contributed by atoms with van der Waals surface area (Å²) >= 11 is 0. The third kappa shape index (κ3) is 2.48. The molecule has 0 bridgehead atoms. The minimum absolute atomic E-state index is 0.0171. The van der Waals surface area contributed by atoms with Gasteiger partial charge in [0.2, 0.25) is 0 Å². The molecule has 2 rings (SSSR count). The van der Waals surface area contributed by atoms with Crippen LogP contribution in [0, 0.1) is 6.92 Å². The molecule has 0 spiro atoms. The number of halogens is 3. The average Bonchev–Trinajstić information content (AvgIpc) is 2.23. The van der Waals surface area contributed by atoms with Gasteiger partial charge in [0.1, 0.15) is 0 Å². The zero-order valence-corrected chi connectivity index (χ0v) is 10.2. The van der Waals surface area contributed by atoms with Gasteiger partial charge in [0, 0.05) is 6.92 Å². The normalized spacial score (nSPS) is 24.6. The number of hydrogen-bond acceptors (Lipinski definition) is 2. The van der Waals surface area contributed by atoms with E-state index in [4.69, 9.17) is 0 Å². The lowest BCUT2D eigenvalue weighted by molar-refractivity contribution is -0.332. The molecule has 0 saturated carbocycles. The predicted octanol–water partition coefficient (Wildman–Crippen LogP) is 4.07. The van der Waals surface area contributed by atoms with E-state index in [2.05, 4.69) is 9.47 Å². The van der Waals surface area contributed by atoms with Gasteiger partial charge in [0.05, 0.1) is 0 Å². The van der Waals surface area contributed by atoms with Crippen LogP contribution in [0.3, 0.4) is 0 Å². The Morgan fingerprint density at radius 1 is 1.00 bits per heavy atom. The Hall–Kier alpha value is -1.39. The third-order valence-corrected chi connectivity index (χ3v) is 2.16. The van der Waals surface area contributed by atoms with Gasteiger partial charge in [-0.3, -0.25) is 0 Å². The molecule has 0 aromatic heterocycles. The van der Waals surface area contributed by atoms with Crippen molar-refractivity contribution in [3.8, 4) is 11.5 Å². The highest BCUT2D eigenvalue weighted by molar-refractivity contribution is 5.44. The van der Waals surface area contributed by atoms with E-state index in [0.717, 1.165) is 5.56 Å². The molecule has 0 amide bonds. The molecule has 0 aliphatic carbocycles. The zero-order chi connectivity index (χ0) is 13.3. The molecule has 1 aromatic carbocycles. The molecule has 0 saturated heterocycles. The maximum Gasteiger partial charge on any atom is 0.471 e.